The van der Waals surface area contributed by atoms with Crippen molar-refractivity contribution >= 4 is 23.0 Å². The van der Waals surface area contributed by atoms with Crippen molar-refractivity contribution in [2.75, 3.05) is 29.9 Å². The SMILES string of the molecule is CCNc1cc(N2CC[C@@H](F)C2)c(C(=O)NC2CCC(C)CC2)cc1[N+](=O)[O-]. The Morgan fingerprint density at radius 3 is 2.57 bits per heavy atom. The summed E-state index contributed by atoms with van der Waals surface area (Å²) in [5.41, 5.74) is 1.03. The number of nitrogens with one attached hydrogen (secondary N) is 2. The van der Waals surface area contributed by atoms with Gasteiger partial charge in [0.05, 0.1) is 16.2 Å². The van der Waals surface area contributed by atoms with Crippen LogP contribution in [-0.2, 0) is 0 Å². The molecule has 0 radical (unpaired) electrons. The van der Waals surface area contributed by atoms with Gasteiger partial charge >= 0.3 is 0 Å². The summed E-state index contributed by atoms with van der Waals surface area (Å²) >= 11 is 0. The van der Waals surface area contributed by atoms with Gasteiger partial charge in [0.2, 0.25) is 0 Å². The molecule has 1 aliphatic carbocycles. The number of halogens is 1. The lowest BCUT2D eigenvalue weighted by Gasteiger charge is -2.28. The number of nitro benzene ring substituents is 1. The number of benzene rings is 1. The minimum atomic E-state index is -0.950. The van der Waals surface area contributed by atoms with Crippen LogP contribution in [0.1, 0.15) is 56.3 Å². The number of carbonyl (C=O) groups is 1. The summed E-state index contributed by atoms with van der Waals surface area (Å²) in [6.07, 6.45) is 3.40. The Labute approximate surface area is 164 Å². The average molecular weight is 392 g/mol. The fourth-order valence-electron chi connectivity index (χ4n) is 4.11. The van der Waals surface area contributed by atoms with Crippen molar-refractivity contribution in [3.8, 4) is 0 Å². The number of nitro groups is 1. The molecule has 2 fully saturated rings. The summed E-state index contributed by atoms with van der Waals surface area (Å²) in [6, 6.07) is 3.04. The second-order valence-corrected chi connectivity index (χ2v) is 7.94. The van der Waals surface area contributed by atoms with Crippen LogP contribution in [0.3, 0.4) is 0 Å². The quantitative estimate of drug-likeness (QED) is 0.567. The highest BCUT2D eigenvalue weighted by Crippen LogP contribution is 2.35. The molecule has 154 valence electrons. The molecular formula is C20H29FN4O3. The number of carbonyl (C=O) groups excluding carboxylic acids is 1. The van der Waals surface area contributed by atoms with Crippen LogP contribution < -0.4 is 15.5 Å². The van der Waals surface area contributed by atoms with Crippen molar-refractivity contribution in [2.24, 2.45) is 5.92 Å². The van der Waals surface area contributed by atoms with Gasteiger partial charge in [-0.15, -0.1) is 0 Å². The minimum Gasteiger partial charge on any atom is -0.380 e. The van der Waals surface area contributed by atoms with Crippen LogP contribution in [0.25, 0.3) is 0 Å². The second-order valence-electron chi connectivity index (χ2n) is 7.94. The molecule has 1 atom stereocenters. The van der Waals surface area contributed by atoms with Crippen molar-refractivity contribution in [3.63, 3.8) is 0 Å². The standard InChI is InChI=1S/C20H29FN4O3/c1-3-22-17-11-18(24-9-8-14(21)12-24)16(10-19(17)25(27)28)20(26)23-15-6-4-13(2)5-7-15/h10-11,13-15,22H,3-9,12H2,1-2H3,(H,23,26)/t13?,14-,15?/m1/s1. The molecule has 0 bridgehead atoms. The van der Waals surface area contributed by atoms with Gasteiger partial charge in [0, 0.05) is 31.7 Å². The summed E-state index contributed by atoms with van der Waals surface area (Å²) < 4.78 is 13.8. The number of hydrogen-bond donors (Lipinski definition) is 2. The Morgan fingerprint density at radius 1 is 1.29 bits per heavy atom. The fraction of sp³-hybridized carbons (Fsp3) is 0.650. The molecule has 2 N–H and O–H groups in total. The van der Waals surface area contributed by atoms with Crippen LogP contribution in [0.4, 0.5) is 21.5 Å². The Balaban J connectivity index is 1.93. The predicted molar refractivity (Wildman–Crippen MR) is 108 cm³/mol. The van der Waals surface area contributed by atoms with Crippen molar-refractivity contribution in [1.29, 1.82) is 0 Å². The Kier molecular flexibility index (Phi) is 6.36. The number of rotatable bonds is 6. The topological polar surface area (TPSA) is 87.5 Å². The van der Waals surface area contributed by atoms with Gasteiger partial charge in [-0.3, -0.25) is 14.9 Å². The van der Waals surface area contributed by atoms with Crippen LogP contribution in [0.2, 0.25) is 0 Å². The van der Waals surface area contributed by atoms with Crippen molar-refractivity contribution in [3.05, 3.63) is 27.8 Å². The lowest BCUT2D eigenvalue weighted by Crippen LogP contribution is -2.38. The number of anilines is 2. The first kappa shape index (κ1) is 20.4. The maximum Gasteiger partial charge on any atom is 0.293 e. The molecule has 28 heavy (non-hydrogen) atoms. The van der Waals surface area contributed by atoms with Crippen molar-refractivity contribution < 1.29 is 14.1 Å². The maximum atomic E-state index is 13.8. The van der Waals surface area contributed by atoms with Gasteiger partial charge in [-0.25, -0.2) is 4.39 Å². The smallest absolute Gasteiger partial charge is 0.293 e. The van der Waals surface area contributed by atoms with Gasteiger partial charge in [-0.05, 0) is 51.0 Å². The average Bonchev–Trinajstić information content (AvgIpc) is 3.09. The first-order valence-electron chi connectivity index (χ1n) is 10.1. The highest BCUT2D eigenvalue weighted by Gasteiger charge is 2.30. The van der Waals surface area contributed by atoms with E-state index in [1.807, 2.05) is 11.8 Å². The molecule has 1 aromatic rings. The summed E-state index contributed by atoms with van der Waals surface area (Å²) in [6.45, 7) is 5.26. The molecule has 0 spiro atoms. The van der Waals surface area contributed by atoms with Crippen LogP contribution >= 0.6 is 0 Å². The van der Waals surface area contributed by atoms with Crippen LogP contribution in [-0.4, -0.2) is 42.7 Å². The molecule has 1 amide bonds. The second kappa shape index (κ2) is 8.75. The first-order chi connectivity index (χ1) is 13.4. The fourth-order valence-corrected chi connectivity index (χ4v) is 4.11. The summed E-state index contributed by atoms with van der Waals surface area (Å²) in [5, 5.41) is 17.6. The Bertz CT molecular complexity index is 734. The number of nitrogens with zero attached hydrogens (tertiary/aromatic N) is 2. The molecule has 1 saturated carbocycles. The van der Waals surface area contributed by atoms with E-state index >= 15 is 0 Å². The summed E-state index contributed by atoms with van der Waals surface area (Å²) in [4.78, 5) is 25.9. The molecule has 1 saturated heterocycles. The molecule has 3 rings (SSSR count). The van der Waals surface area contributed by atoms with Gasteiger partial charge < -0.3 is 15.5 Å². The van der Waals surface area contributed by atoms with Gasteiger partial charge in [0.15, 0.2) is 0 Å². The molecule has 1 aromatic carbocycles. The molecular weight excluding hydrogens is 363 g/mol. The third kappa shape index (κ3) is 4.54. The van der Waals surface area contributed by atoms with E-state index in [0.717, 1.165) is 25.7 Å². The molecule has 1 aliphatic heterocycles. The minimum absolute atomic E-state index is 0.0801. The number of amides is 1. The van der Waals surface area contributed by atoms with E-state index in [2.05, 4.69) is 17.6 Å². The molecule has 7 nitrogen and oxygen atoms in total. The Morgan fingerprint density at radius 2 is 2.00 bits per heavy atom. The van der Waals surface area contributed by atoms with E-state index in [1.165, 1.54) is 6.07 Å². The van der Waals surface area contributed by atoms with Crippen LogP contribution in [0.15, 0.2) is 12.1 Å². The summed E-state index contributed by atoms with van der Waals surface area (Å²) in [5.74, 6) is 0.346. The molecule has 0 aromatic heterocycles. The van der Waals surface area contributed by atoms with Crippen molar-refractivity contribution in [1.82, 2.24) is 5.32 Å². The molecule has 8 heteroatoms. The van der Waals surface area contributed by atoms with Gasteiger partial charge in [-0.1, -0.05) is 6.92 Å². The van der Waals surface area contributed by atoms with Crippen LogP contribution in [0, 0.1) is 16.0 Å². The predicted octanol–water partition coefficient (Wildman–Crippen LogP) is 3.88. The van der Waals surface area contributed by atoms with E-state index in [-0.39, 0.29) is 29.7 Å². The Hall–Kier alpha value is -2.38. The zero-order valence-corrected chi connectivity index (χ0v) is 16.5. The summed E-state index contributed by atoms with van der Waals surface area (Å²) in [7, 11) is 0. The zero-order chi connectivity index (χ0) is 20.3. The lowest BCUT2D eigenvalue weighted by molar-refractivity contribution is -0.384. The first-order valence-corrected chi connectivity index (χ1v) is 10.1. The molecule has 2 aliphatic rings. The highest BCUT2D eigenvalue weighted by atomic mass is 19.1. The van der Waals surface area contributed by atoms with Gasteiger partial charge in [0.1, 0.15) is 11.9 Å². The van der Waals surface area contributed by atoms with E-state index < -0.39 is 11.1 Å². The molecule has 1 heterocycles. The molecule has 0 unspecified atom stereocenters. The monoisotopic (exact) mass is 392 g/mol. The third-order valence-corrected chi connectivity index (χ3v) is 5.75. The third-order valence-electron chi connectivity index (χ3n) is 5.75. The largest absolute Gasteiger partial charge is 0.380 e. The van der Waals surface area contributed by atoms with E-state index in [4.69, 9.17) is 0 Å². The van der Waals surface area contributed by atoms with E-state index in [0.29, 0.717) is 36.8 Å². The maximum absolute atomic E-state index is 13.8. The lowest BCUT2D eigenvalue weighted by atomic mass is 9.87. The highest BCUT2D eigenvalue weighted by molar-refractivity contribution is 6.02. The number of alkyl halides is 1. The normalized spacial score (nSPS) is 24.8. The van der Waals surface area contributed by atoms with Gasteiger partial charge in [0.25, 0.3) is 11.6 Å². The van der Waals surface area contributed by atoms with Gasteiger partial charge in [-0.2, -0.15) is 0 Å². The zero-order valence-electron chi connectivity index (χ0n) is 16.5. The van der Waals surface area contributed by atoms with E-state index in [9.17, 15) is 19.3 Å². The number of hydrogen-bond acceptors (Lipinski definition) is 5. The van der Waals surface area contributed by atoms with Crippen LogP contribution in [0.5, 0.6) is 0 Å². The van der Waals surface area contributed by atoms with E-state index in [1.54, 1.807) is 6.07 Å². The van der Waals surface area contributed by atoms with Crippen molar-refractivity contribution in [2.45, 2.75) is 58.2 Å².